The summed E-state index contributed by atoms with van der Waals surface area (Å²) in [6.07, 6.45) is 8.64. The third kappa shape index (κ3) is 3.80. The predicted molar refractivity (Wildman–Crippen MR) is 89.7 cm³/mol. The van der Waals surface area contributed by atoms with Crippen molar-refractivity contribution in [1.29, 1.82) is 0 Å². The SMILES string of the molecule is CCOC1CC(NC(CN(C)C)C(C)C)C12CCCCC2. The molecule has 2 fully saturated rings. The fraction of sp³-hybridized carbons (Fsp3) is 1.00. The molecule has 3 unspecified atom stereocenters. The van der Waals surface area contributed by atoms with Gasteiger partial charge in [-0.05, 0) is 46.2 Å². The van der Waals surface area contributed by atoms with E-state index in [9.17, 15) is 0 Å². The molecule has 0 aromatic rings. The van der Waals surface area contributed by atoms with E-state index >= 15 is 0 Å². The standard InChI is InChI=1S/C18H36N2O/c1-6-21-17-12-16(18(17)10-8-7-9-11-18)19-15(14(2)3)13-20(4)5/h14-17,19H,6-13H2,1-5H3. The van der Waals surface area contributed by atoms with E-state index in [0.717, 1.165) is 13.2 Å². The van der Waals surface area contributed by atoms with Crippen LogP contribution in [0.25, 0.3) is 0 Å². The van der Waals surface area contributed by atoms with Crippen LogP contribution >= 0.6 is 0 Å². The van der Waals surface area contributed by atoms with Gasteiger partial charge in [0, 0.05) is 30.7 Å². The molecule has 2 rings (SSSR count). The average Bonchev–Trinajstić information content (AvgIpc) is 2.45. The minimum absolute atomic E-state index is 0.438. The maximum Gasteiger partial charge on any atom is 0.0661 e. The molecule has 21 heavy (non-hydrogen) atoms. The Hall–Kier alpha value is -0.120. The summed E-state index contributed by atoms with van der Waals surface area (Å²) in [5, 5.41) is 4.01. The average molecular weight is 296 g/mol. The van der Waals surface area contributed by atoms with Gasteiger partial charge >= 0.3 is 0 Å². The van der Waals surface area contributed by atoms with Crippen molar-refractivity contribution in [2.75, 3.05) is 27.2 Å². The second-order valence-electron chi connectivity index (χ2n) is 7.81. The summed E-state index contributed by atoms with van der Waals surface area (Å²) >= 11 is 0. The summed E-state index contributed by atoms with van der Waals surface area (Å²) in [6.45, 7) is 8.81. The lowest BCUT2D eigenvalue weighted by molar-refractivity contribution is -0.153. The van der Waals surface area contributed by atoms with E-state index in [1.54, 1.807) is 0 Å². The van der Waals surface area contributed by atoms with Crippen LogP contribution in [0.2, 0.25) is 0 Å². The summed E-state index contributed by atoms with van der Waals surface area (Å²) in [5.74, 6) is 0.680. The predicted octanol–water partition coefficient (Wildman–Crippen LogP) is 3.29. The minimum Gasteiger partial charge on any atom is -0.378 e. The highest BCUT2D eigenvalue weighted by Gasteiger charge is 2.55. The molecule has 0 bridgehead atoms. The van der Waals surface area contributed by atoms with Crippen LogP contribution in [0.15, 0.2) is 0 Å². The highest BCUT2D eigenvalue weighted by molar-refractivity contribution is 5.09. The van der Waals surface area contributed by atoms with Gasteiger partial charge in [0.05, 0.1) is 6.10 Å². The fourth-order valence-electron chi connectivity index (χ4n) is 4.40. The van der Waals surface area contributed by atoms with Crippen molar-refractivity contribution < 1.29 is 4.74 Å². The lowest BCUT2D eigenvalue weighted by Crippen LogP contribution is -2.67. The first-order valence-corrected chi connectivity index (χ1v) is 9.02. The van der Waals surface area contributed by atoms with Gasteiger partial charge in [-0.1, -0.05) is 33.1 Å². The number of ether oxygens (including phenoxy) is 1. The van der Waals surface area contributed by atoms with E-state index in [1.165, 1.54) is 38.5 Å². The van der Waals surface area contributed by atoms with Crippen LogP contribution in [0, 0.1) is 11.3 Å². The van der Waals surface area contributed by atoms with Crippen LogP contribution in [0.5, 0.6) is 0 Å². The van der Waals surface area contributed by atoms with E-state index in [2.05, 4.69) is 45.1 Å². The van der Waals surface area contributed by atoms with Gasteiger partial charge in [0.2, 0.25) is 0 Å². The molecular formula is C18H36N2O. The first-order chi connectivity index (χ1) is 9.99. The van der Waals surface area contributed by atoms with Gasteiger partial charge in [0.1, 0.15) is 0 Å². The number of rotatable bonds is 7. The highest BCUT2D eigenvalue weighted by Crippen LogP contribution is 2.53. The van der Waals surface area contributed by atoms with Crippen molar-refractivity contribution in [1.82, 2.24) is 10.2 Å². The molecule has 2 aliphatic rings. The molecule has 3 heteroatoms. The van der Waals surface area contributed by atoms with Crippen LogP contribution in [-0.4, -0.2) is 50.3 Å². The number of likely N-dealkylation sites (N-methyl/N-ethyl adjacent to an activating group) is 1. The molecule has 0 saturated heterocycles. The number of nitrogens with zero attached hydrogens (tertiary/aromatic N) is 1. The normalized spacial score (nSPS) is 29.9. The van der Waals surface area contributed by atoms with E-state index in [-0.39, 0.29) is 0 Å². The Morgan fingerprint density at radius 2 is 1.86 bits per heavy atom. The lowest BCUT2D eigenvalue weighted by Gasteiger charge is -2.59. The Labute approximate surface area is 131 Å². The van der Waals surface area contributed by atoms with E-state index in [0.29, 0.717) is 29.5 Å². The van der Waals surface area contributed by atoms with Crippen LogP contribution in [-0.2, 0) is 4.74 Å². The molecule has 3 atom stereocenters. The summed E-state index contributed by atoms with van der Waals surface area (Å²) in [7, 11) is 4.36. The van der Waals surface area contributed by atoms with E-state index in [4.69, 9.17) is 4.74 Å². The number of nitrogens with one attached hydrogen (secondary N) is 1. The number of hydrogen-bond donors (Lipinski definition) is 1. The molecule has 1 N–H and O–H groups in total. The Bertz CT molecular complexity index is 310. The quantitative estimate of drug-likeness (QED) is 0.780. The van der Waals surface area contributed by atoms with Crippen molar-refractivity contribution >= 4 is 0 Å². The Morgan fingerprint density at radius 3 is 2.38 bits per heavy atom. The maximum atomic E-state index is 6.07. The molecule has 2 saturated carbocycles. The summed E-state index contributed by atoms with van der Waals surface area (Å²) < 4.78 is 6.07. The highest BCUT2D eigenvalue weighted by atomic mass is 16.5. The van der Waals surface area contributed by atoms with Crippen LogP contribution in [0.3, 0.4) is 0 Å². The third-order valence-corrected chi connectivity index (χ3v) is 5.72. The summed E-state index contributed by atoms with van der Waals surface area (Å²) in [5.41, 5.74) is 0.438. The van der Waals surface area contributed by atoms with Crippen molar-refractivity contribution in [3.8, 4) is 0 Å². The first-order valence-electron chi connectivity index (χ1n) is 9.02. The topological polar surface area (TPSA) is 24.5 Å². The second-order valence-corrected chi connectivity index (χ2v) is 7.81. The Balaban J connectivity index is 2.01. The zero-order chi connectivity index (χ0) is 15.5. The molecular weight excluding hydrogens is 260 g/mol. The molecule has 3 nitrogen and oxygen atoms in total. The molecule has 0 amide bonds. The number of hydrogen-bond acceptors (Lipinski definition) is 3. The zero-order valence-corrected chi connectivity index (χ0v) is 14.8. The molecule has 0 aromatic carbocycles. The second kappa shape index (κ2) is 7.43. The Morgan fingerprint density at radius 1 is 1.19 bits per heavy atom. The molecule has 0 aliphatic heterocycles. The molecule has 0 heterocycles. The molecule has 2 aliphatic carbocycles. The summed E-state index contributed by atoms with van der Waals surface area (Å²) in [4.78, 5) is 2.31. The van der Waals surface area contributed by atoms with E-state index in [1.807, 2.05) is 0 Å². The smallest absolute Gasteiger partial charge is 0.0661 e. The molecule has 0 radical (unpaired) electrons. The van der Waals surface area contributed by atoms with Crippen molar-refractivity contribution in [3.05, 3.63) is 0 Å². The Kier molecular flexibility index (Phi) is 6.10. The van der Waals surface area contributed by atoms with Crippen LogP contribution in [0.4, 0.5) is 0 Å². The lowest BCUT2D eigenvalue weighted by atomic mass is 9.55. The van der Waals surface area contributed by atoms with Gasteiger partial charge < -0.3 is 15.0 Å². The monoisotopic (exact) mass is 296 g/mol. The van der Waals surface area contributed by atoms with Crippen molar-refractivity contribution in [2.24, 2.45) is 11.3 Å². The third-order valence-electron chi connectivity index (χ3n) is 5.72. The van der Waals surface area contributed by atoms with Crippen molar-refractivity contribution in [2.45, 2.75) is 77.5 Å². The van der Waals surface area contributed by atoms with Gasteiger partial charge in [-0.25, -0.2) is 0 Å². The summed E-state index contributed by atoms with van der Waals surface area (Å²) in [6, 6.07) is 1.26. The fourth-order valence-corrected chi connectivity index (χ4v) is 4.40. The van der Waals surface area contributed by atoms with Crippen LogP contribution < -0.4 is 5.32 Å². The van der Waals surface area contributed by atoms with Gasteiger partial charge in [0.15, 0.2) is 0 Å². The van der Waals surface area contributed by atoms with Crippen molar-refractivity contribution in [3.63, 3.8) is 0 Å². The van der Waals surface area contributed by atoms with Gasteiger partial charge in [0.25, 0.3) is 0 Å². The molecule has 1 spiro atoms. The largest absolute Gasteiger partial charge is 0.378 e. The van der Waals surface area contributed by atoms with Gasteiger partial charge in [-0.3, -0.25) is 0 Å². The maximum absolute atomic E-state index is 6.07. The molecule has 0 aromatic heterocycles. The van der Waals surface area contributed by atoms with Crippen LogP contribution in [0.1, 0.15) is 59.3 Å². The van der Waals surface area contributed by atoms with Gasteiger partial charge in [-0.15, -0.1) is 0 Å². The van der Waals surface area contributed by atoms with E-state index < -0.39 is 0 Å². The minimum atomic E-state index is 0.438. The van der Waals surface area contributed by atoms with Gasteiger partial charge in [-0.2, -0.15) is 0 Å². The zero-order valence-electron chi connectivity index (χ0n) is 14.8. The molecule has 124 valence electrons. The first kappa shape index (κ1) is 17.2.